The third kappa shape index (κ3) is 1.89. The topological polar surface area (TPSA) is 46.0 Å². The number of nitrogens with zero attached hydrogens (tertiary/aromatic N) is 2. The van der Waals surface area contributed by atoms with Gasteiger partial charge in [0.25, 0.3) is 0 Å². The van der Waals surface area contributed by atoms with Crippen LogP contribution in [0.1, 0.15) is 26.0 Å². The van der Waals surface area contributed by atoms with Gasteiger partial charge in [-0.25, -0.2) is 0 Å². The van der Waals surface area contributed by atoms with Gasteiger partial charge in [0.15, 0.2) is 0 Å². The van der Waals surface area contributed by atoms with Crippen molar-refractivity contribution in [3.05, 3.63) is 11.1 Å². The van der Waals surface area contributed by atoms with E-state index < -0.39 is 5.60 Å². The van der Waals surface area contributed by atoms with E-state index in [1.165, 1.54) is 11.5 Å². The standard InChI is InChI=1S/C9H14N2OS/c1-6-3-8(6)9(2,12)4-7-5-13-11-10-7/h5-6,8,12H,3-4H2,1-2H3. The number of rotatable bonds is 3. The van der Waals surface area contributed by atoms with Gasteiger partial charge in [-0.05, 0) is 36.7 Å². The molecule has 1 aliphatic rings. The lowest BCUT2D eigenvalue weighted by atomic mass is 9.94. The van der Waals surface area contributed by atoms with Gasteiger partial charge in [-0.2, -0.15) is 0 Å². The Hall–Kier alpha value is -0.480. The predicted octanol–water partition coefficient (Wildman–Crippen LogP) is 1.49. The Bertz CT molecular complexity index is 284. The lowest BCUT2D eigenvalue weighted by Crippen LogP contribution is -2.30. The van der Waals surface area contributed by atoms with Crippen LogP contribution in [-0.2, 0) is 6.42 Å². The van der Waals surface area contributed by atoms with Crippen LogP contribution in [0, 0.1) is 11.8 Å². The van der Waals surface area contributed by atoms with Crippen molar-refractivity contribution in [3.63, 3.8) is 0 Å². The summed E-state index contributed by atoms with van der Waals surface area (Å²) in [5, 5.41) is 16.0. The fraction of sp³-hybridized carbons (Fsp3) is 0.778. The van der Waals surface area contributed by atoms with Crippen molar-refractivity contribution in [2.75, 3.05) is 0 Å². The number of hydrogen-bond donors (Lipinski definition) is 1. The molecule has 72 valence electrons. The minimum atomic E-state index is -0.588. The van der Waals surface area contributed by atoms with Crippen molar-refractivity contribution in [2.45, 2.75) is 32.3 Å². The maximum atomic E-state index is 10.1. The van der Waals surface area contributed by atoms with E-state index in [2.05, 4.69) is 16.5 Å². The molecule has 0 amide bonds. The third-order valence-corrected chi connectivity index (χ3v) is 3.41. The molecule has 0 aromatic carbocycles. The van der Waals surface area contributed by atoms with Crippen LogP contribution >= 0.6 is 11.5 Å². The molecule has 1 aromatic heterocycles. The Morgan fingerprint density at radius 1 is 1.77 bits per heavy atom. The monoisotopic (exact) mass is 198 g/mol. The van der Waals surface area contributed by atoms with Crippen LogP contribution in [0.15, 0.2) is 5.38 Å². The first kappa shape index (κ1) is 9.09. The van der Waals surface area contributed by atoms with Crippen molar-refractivity contribution in [1.29, 1.82) is 0 Å². The van der Waals surface area contributed by atoms with Crippen LogP contribution in [0.25, 0.3) is 0 Å². The Kier molecular flexibility index (Phi) is 2.12. The molecule has 1 fully saturated rings. The van der Waals surface area contributed by atoms with E-state index in [9.17, 15) is 5.11 Å². The first-order chi connectivity index (χ1) is 6.09. The highest BCUT2D eigenvalue weighted by molar-refractivity contribution is 7.03. The summed E-state index contributed by atoms with van der Waals surface area (Å²) in [6.07, 6.45) is 1.78. The van der Waals surface area contributed by atoms with Gasteiger partial charge < -0.3 is 5.11 Å². The Labute approximate surface area is 82.0 Å². The van der Waals surface area contributed by atoms with E-state index >= 15 is 0 Å². The molecule has 3 atom stereocenters. The highest BCUT2D eigenvalue weighted by atomic mass is 32.1. The molecule has 3 unspecified atom stereocenters. The molecule has 13 heavy (non-hydrogen) atoms. The maximum absolute atomic E-state index is 10.1. The van der Waals surface area contributed by atoms with Crippen LogP contribution in [0.3, 0.4) is 0 Å². The summed E-state index contributed by atoms with van der Waals surface area (Å²) in [6, 6.07) is 0. The molecule has 3 nitrogen and oxygen atoms in total. The highest BCUT2D eigenvalue weighted by Crippen LogP contribution is 2.46. The van der Waals surface area contributed by atoms with Gasteiger partial charge in [0, 0.05) is 11.8 Å². The number of hydrogen-bond acceptors (Lipinski definition) is 4. The summed E-state index contributed by atoms with van der Waals surface area (Å²) in [6.45, 7) is 4.08. The molecule has 4 heteroatoms. The molecule has 0 bridgehead atoms. The largest absolute Gasteiger partial charge is 0.389 e. The Balaban J connectivity index is 2.00. The normalized spacial score (nSPS) is 31.3. The maximum Gasteiger partial charge on any atom is 0.0784 e. The summed E-state index contributed by atoms with van der Waals surface area (Å²) in [4.78, 5) is 0. The average Bonchev–Trinajstić information content (AvgIpc) is 2.60. The van der Waals surface area contributed by atoms with Crippen molar-refractivity contribution < 1.29 is 5.11 Å². The van der Waals surface area contributed by atoms with Crippen LogP contribution in [-0.4, -0.2) is 20.3 Å². The van der Waals surface area contributed by atoms with Gasteiger partial charge in [-0.1, -0.05) is 11.4 Å². The molecular formula is C9H14N2OS. The fourth-order valence-electron chi connectivity index (χ4n) is 1.95. The average molecular weight is 198 g/mol. The molecule has 2 rings (SSSR count). The zero-order valence-electron chi connectivity index (χ0n) is 7.90. The smallest absolute Gasteiger partial charge is 0.0784 e. The summed E-state index contributed by atoms with van der Waals surface area (Å²) >= 11 is 1.34. The molecule has 1 N–H and O–H groups in total. The van der Waals surface area contributed by atoms with Crippen LogP contribution in [0.4, 0.5) is 0 Å². The minimum absolute atomic E-state index is 0.453. The molecule has 0 spiro atoms. The summed E-state index contributed by atoms with van der Waals surface area (Å²) in [5.41, 5.74) is 0.323. The molecular weight excluding hydrogens is 184 g/mol. The van der Waals surface area contributed by atoms with Crippen LogP contribution in [0.5, 0.6) is 0 Å². The van der Waals surface area contributed by atoms with E-state index in [1.54, 1.807) is 0 Å². The van der Waals surface area contributed by atoms with E-state index in [0.29, 0.717) is 18.3 Å². The summed E-state index contributed by atoms with van der Waals surface area (Å²) in [7, 11) is 0. The molecule has 1 aromatic rings. The molecule has 1 saturated carbocycles. The van der Waals surface area contributed by atoms with E-state index in [-0.39, 0.29) is 0 Å². The first-order valence-electron chi connectivity index (χ1n) is 4.58. The second-order valence-corrected chi connectivity index (χ2v) is 4.86. The lowest BCUT2D eigenvalue weighted by Gasteiger charge is -2.21. The molecule has 1 heterocycles. The van der Waals surface area contributed by atoms with Gasteiger partial charge in [0.2, 0.25) is 0 Å². The second-order valence-electron chi connectivity index (χ2n) is 4.25. The SMILES string of the molecule is CC1CC1C(C)(O)Cc1csnn1. The fourth-order valence-corrected chi connectivity index (χ4v) is 2.40. The molecule has 1 aliphatic carbocycles. The zero-order chi connectivity index (χ0) is 9.47. The Morgan fingerprint density at radius 3 is 2.92 bits per heavy atom. The van der Waals surface area contributed by atoms with Gasteiger partial charge in [-0.15, -0.1) is 5.10 Å². The van der Waals surface area contributed by atoms with Gasteiger partial charge >= 0.3 is 0 Å². The van der Waals surface area contributed by atoms with Gasteiger partial charge in [-0.3, -0.25) is 0 Å². The van der Waals surface area contributed by atoms with Crippen molar-refractivity contribution in [3.8, 4) is 0 Å². The first-order valence-corrected chi connectivity index (χ1v) is 5.41. The van der Waals surface area contributed by atoms with Crippen molar-refractivity contribution in [2.24, 2.45) is 11.8 Å². The summed E-state index contributed by atoms with van der Waals surface area (Å²) < 4.78 is 3.79. The highest BCUT2D eigenvalue weighted by Gasteiger charge is 2.46. The van der Waals surface area contributed by atoms with Crippen molar-refractivity contribution >= 4 is 11.5 Å². The predicted molar refractivity (Wildman–Crippen MR) is 51.5 cm³/mol. The van der Waals surface area contributed by atoms with E-state index in [1.807, 2.05) is 12.3 Å². The van der Waals surface area contributed by atoms with E-state index in [0.717, 1.165) is 12.1 Å². The second kappa shape index (κ2) is 3.03. The van der Waals surface area contributed by atoms with Gasteiger partial charge in [0.05, 0.1) is 11.3 Å². The minimum Gasteiger partial charge on any atom is -0.389 e. The molecule has 0 radical (unpaired) electrons. The number of aliphatic hydroxyl groups is 1. The molecule has 0 saturated heterocycles. The summed E-state index contributed by atoms with van der Waals surface area (Å²) in [5.74, 6) is 1.12. The third-order valence-electron chi connectivity index (χ3n) is 2.85. The van der Waals surface area contributed by atoms with Crippen LogP contribution < -0.4 is 0 Å². The molecule has 0 aliphatic heterocycles. The van der Waals surface area contributed by atoms with Crippen molar-refractivity contribution in [1.82, 2.24) is 9.59 Å². The van der Waals surface area contributed by atoms with Crippen LogP contribution in [0.2, 0.25) is 0 Å². The Morgan fingerprint density at radius 2 is 2.46 bits per heavy atom. The zero-order valence-corrected chi connectivity index (χ0v) is 8.71. The number of aromatic nitrogens is 2. The quantitative estimate of drug-likeness (QED) is 0.800. The lowest BCUT2D eigenvalue weighted by molar-refractivity contribution is 0.0316. The van der Waals surface area contributed by atoms with E-state index in [4.69, 9.17) is 0 Å². The van der Waals surface area contributed by atoms with Gasteiger partial charge in [0.1, 0.15) is 0 Å².